The van der Waals surface area contributed by atoms with E-state index in [-0.39, 0.29) is 18.1 Å². The van der Waals surface area contributed by atoms with Crippen molar-refractivity contribution in [2.75, 3.05) is 23.7 Å². The summed E-state index contributed by atoms with van der Waals surface area (Å²) in [5.41, 5.74) is 6.08. The first-order valence-electron chi connectivity index (χ1n) is 5.61. The molecule has 1 aliphatic rings. The van der Waals surface area contributed by atoms with Gasteiger partial charge in [0, 0.05) is 13.1 Å². The first-order chi connectivity index (χ1) is 8.38. The Balaban J connectivity index is 2.21. The Kier molecular flexibility index (Phi) is 3.56. The van der Waals surface area contributed by atoms with Gasteiger partial charge in [0.05, 0.1) is 11.6 Å². The topological polar surface area (TPSA) is 42.1 Å². The summed E-state index contributed by atoms with van der Waals surface area (Å²) in [5, 5.41) is 0.230. The molecule has 1 fully saturated rings. The van der Waals surface area contributed by atoms with E-state index in [1.54, 1.807) is 11.0 Å². The van der Waals surface area contributed by atoms with Gasteiger partial charge < -0.3 is 10.6 Å². The lowest BCUT2D eigenvalue weighted by Crippen LogP contribution is -2.42. The molecule has 3 nitrogen and oxygen atoms in total. The van der Waals surface area contributed by atoms with Crippen LogP contribution in [0.5, 0.6) is 0 Å². The minimum atomic E-state index is -4.17. The van der Waals surface area contributed by atoms with E-state index in [0.717, 1.165) is 0 Å². The van der Waals surface area contributed by atoms with E-state index in [2.05, 4.69) is 4.98 Å². The van der Waals surface area contributed by atoms with Crippen LogP contribution in [0.2, 0.25) is 5.15 Å². The van der Waals surface area contributed by atoms with E-state index in [0.29, 0.717) is 24.5 Å². The highest BCUT2D eigenvalue weighted by molar-refractivity contribution is 6.29. The molecule has 18 heavy (non-hydrogen) atoms. The van der Waals surface area contributed by atoms with Crippen molar-refractivity contribution in [3.8, 4) is 0 Å². The summed E-state index contributed by atoms with van der Waals surface area (Å²) >= 11 is 5.75. The standard InChI is InChI=1S/C11H13ClF3N3/c12-9-4-3-8(16)10(17-9)18-5-1-2-7(6-18)11(13,14)15/h3-4,7H,1-2,5-6,16H2. The van der Waals surface area contributed by atoms with E-state index in [1.807, 2.05) is 0 Å². The van der Waals surface area contributed by atoms with Gasteiger partial charge in [0.1, 0.15) is 5.15 Å². The maximum atomic E-state index is 12.7. The molecule has 1 atom stereocenters. The number of nitrogens with zero attached hydrogens (tertiary/aromatic N) is 2. The van der Waals surface area contributed by atoms with E-state index >= 15 is 0 Å². The highest BCUT2D eigenvalue weighted by atomic mass is 35.5. The van der Waals surface area contributed by atoms with Gasteiger partial charge in [-0.05, 0) is 25.0 Å². The molecule has 0 aliphatic carbocycles. The molecule has 0 aromatic carbocycles. The van der Waals surface area contributed by atoms with Gasteiger partial charge in [-0.2, -0.15) is 13.2 Å². The number of piperidine rings is 1. The molecule has 0 radical (unpaired) electrons. The average Bonchev–Trinajstić information content (AvgIpc) is 2.31. The van der Waals surface area contributed by atoms with Crippen LogP contribution in [0.1, 0.15) is 12.8 Å². The predicted molar refractivity (Wildman–Crippen MR) is 64.7 cm³/mol. The van der Waals surface area contributed by atoms with Gasteiger partial charge in [-0.3, -0.25) is 0 Å². The van der Waals surface area contributed by atoms with Crippen LogP contribution in [0.15, 0.2) is 12.1 Å². The monoisotopic (exact) mass is 279 g/mol. The molecule has 2 N–H and O–H groups in total. The van der Waals surface area contributed by atoms with Crippen LogP contribution < -0.4 is 10.6 Å². The molecule has 1 aromatic heterocycles. The summed E-state index contributed by atoms with van der Waals surface area (Å²) in [6, 6.07) is 3.08. The fraction of sp³-hybridized carbons (Fsp3) is 0.545. The zero-order valence-corrected chi connectivity index (χ0v) is 10.3. The lowest BCUT2D eigenvalue weighted by molar-refractivity contribution is -0.176. The number of hydrogen-bond acceptors (Lipinski definition) is 3. The van der Waals surface area contributed by atoms with Crippen molar-refractivity contribution >= 4 is 23.1 Å². The van der Waals surface area contributed by atoms with Gasteiger partial charge in [-0.15, -0.1) is 0 Å². The number of aromatic nitrogens is 1. The third-order valence-electron chi connectivity index (χ3n) is 3.06. The van der Waals surface area contributed by atoms with Gasteiger partial charge >= 0.3 is 6.18 Å². The summed E-state index contributed by atoms with van der Waals surface area (Å²) in [5.74, 6) is -0.983. The molecule has 7 heteroatoms. The van der Waals surface area contributed by atoms with Crippen LogP contribution in [-0.2, 0) is 0 Å². The smallest absolute Gasteiger partial charge is 0.393 e. The van der Waals surface area contributed by atoms with Gasteiger partial charge in [-0.1, -0.05) is 11.6 Å². The number of nitrogen functional groups attached to an aromatic ring is 1. The van der Waals surface area contributed by atoms with Crippen molar-refractivity contribution in [2.45, 2.75) is 19.0 Å². The number of pyridine rings is 1. The van der Waals surface area contributed by atoms with Crippen LogP contribution in [0.4, 0.5) is 24.7 Å². The molecule has 1 aliphatic heterocycles. The van der Waals surface area contributed by atoms with E-state index in [1.165, 1.54) is 6.07 Å². The summed E-state index contributed by atoms with van der Waals surface area (Å²) in [4.78, 5) is 5.57. The second kappa shape index (κ2) is 4.84. The number of halogens is 4. The van der Waals surface area contributed by atoms with Crippen LogP contribution >= 0.6 is 11.6 Å². The van der Waals surface area contributed by atoms with Crippen LogP contribution in [0.25, 0.3) is 0 Å². The molecule has 1 saturated heterocycles. The average molecular weight is 280 g/mol. The number of anilines is 2. The minimum Gasteiger partial charge on any atom is -0.396 e. The Morgan fingerprint density at radius 3 is 2.78 bits per heavy atom. The molecular formula is C11H13ClF3N3. The molecule has 100 valence electrons. The largest absolute Gasteiger partial charge is 0.396 e. The summed E-state index contributed by atoms with van der Waals surface area (Å²) in [6.45, 7) is 0.408. The molecule has 2 heterocycles. The molecule has 0 amide bonds. The Bertz CT molecular complexity index is 436. The second-order valence-electron chi connectivity index (χ2n) is 4.37. The fourth-order valence-corrected chi connectivity index (χ4v) is 2.27. The van der Waals surface area contributed by atoms with Crippen molar-refractivity contribution in [1.29, 1.82) is 0 Å². The van der Waals surface area contributed by atoms with E-state index in [9.17, 15) is 13.2 Å². The molecule has 1 unspecified atom stereocenters. The molecule has 0 saturated carbocycles. The zero-order valence-electron chi connectivity index (χ0n) is 9.54. The van der Waals surface area contributed by atoms with Crippen molar-refractivity contribution in [3.05, 3.63) is 17.3 Å². The Labute approximate surface area is 108 Å². The third kappa shape index (κ3) is 2.80. The normalized spacial score (nSPS) is 21.1. The highest BCUT2D eigenvalue weighted by Gasteiger charge is 2.42. The van der Waals surface area contributed by atoms with Gasteiger partial charge in [0.15, 0.2) is 5.82 Å². The Morgan fingerprint density at radius 1 is 1.39 bits per heavy atom. The zero-order chi connectivity index (χ0) is 13.3. The van der Waals surface area contributed by atoms with Gasteiger partial charge in [0.2, 0.25) is 0 Å². The SMILES string of the molecule is Nc1ccc(Cl)nc1N1CCCC(C(F)(F)F)C1. The highest BCUT2D eigenvalue weighted by Crippen LogP contribution is 2.35. The number of nitrogens with two attached hydrogens (primary N) is 1. The maximum Gasteiger partial charge on any atom is 0.393 e. The summed E-state index contributed by atoms with van der Waals surface area (Å²) in [6.07, 6.45) is -3.55. The van der Waals surface area contributed by atoms with Crippen molar-refractivity contribution < 1.29 is 13.2 Å². The lowest BCUT2D eigenvalue weighted by Gasteiger charge is -2.35. The Morgan fingerprint density at radius 2 is 2.11 bits per heavy atom. The second-order valence-corrected chi connectivity index (χ2v) is 4.76. The number of hydrogen-bond donors (Lipinski definition) is 1. The Hall–Kier alpha value is -1.17. The maximum absolute atomic E-state index is 12.7. The lowest BCUT2D eigenvalue weighted by atomic mass is 9.97. The van der Waals surface area contributed by atoms with Crippen LogP contribution in [0.3, 0.4) is 0 Å². The quantitative estimate of drug-likeness (QED) is 0.803. The number of rotatable bonds is 1. The molecule has 0 spiro atoms. The molecular weight excluding hydrogens is 267 g/mol. The van der Waals surface area contributed by atoms with Crippen molar-refractivity contribution in [3.63, 3.8) is 0 Å². The van der Waals surface area contributed by atoms with Crippen LogP contribution in [-0.4, -0.2) is 24.2 Å². The molecule has 1 aromatic rings. The molecule has 0 bridgehead atoms. The van der Waals surface area contributed by atoms with Crippen molar-refractivity contribution in [1.82, 2.24) is 4.98 Å². The minimum absolute atomic E-state index is 0.110. The van der Waals surface area contributed by atoms with Gasteiger partial charge in [-0.25, -0.2) is 4.98 Å². The van der Waals surface area contributed by atoms with Crippen LogP contribution in [0, 0.1) is 5.92 Å². The first kappa shape index (κ1) is 13.3. The van der Waals surface area contributed by atoms with Crippen molar-refractivity contribution in [2.24, 2.45) is 5.92 Å². The summed E-state index contributed by atoms with van der Waals surface area (Å²) < 4.78 is 38.1. The van der Waals surface area contributed by atoms with E-state index < -0.39 is 12.1 Å². The predicted octanol–water partition coefficient (Wildman–Crippen LogP) is 3.10. The molecule has 2 rings (SSSR count). The summed E-state index contributed by atoms with van der Waals surface area (Å²) in [7, 11) is 0. The van der Waals surface area contributed by atoms with E-state index in [4.69, 9.17) is 17.3 Å². The number of alkyl halides is 3. The third-order valence-corrected chi connectivity index (χ3v) is 3.27. The van der Waals surface area contributed by atoms with Gasteiger partial charge in [0.25, 0.3) is 0 Å². The fourth-order valence-electron chi connectivity index (χ4n) is 2.13. The first-order valence-corrected chi connectivity index (χ1v) is 5.99.